The molecule has 1 amide bonds. The SMILES string of the molecule is CN(C)S(=O)(=O)c1ccc(CCC(=O)NC[C@@H]2CCCO2)cc1. The average molecular weight is 340 g/mol. The van der Waals surface area contributed by atoms with Crippen LogP contribution < -0.4 is 5.32 Å². The summed E-state index contributed by atoms with van der Waals surface area (Å²) < 4.78 is 30.6. The number of carbonyl (C=O) groups excluding carboxylic acids is 1. The van der Waals surface area contributed by atoms with Crippen molar-refractivity contribution in [1.82, 2.24) is 9.62 Å². The number of hydrogen-bond donors (Lipinski definition) is 1. The third-order valence-corrected chi connectivity index (χ3v) is 5.72. The van der Waals surface area contributed by atoms with Crippen molar-refractivity contribution in [1.29, 1.82) is 0 Å². The highest BCUT2D eigenvalue weighted by atomic mass is 32.2. The van der Waals surface area contributed by atoms with Gasteiger partial charge in [0.15, 0.2) is 0 Å². The zero-order valence-corrected chi connectivity index (χ0v) is 14.4. The third-order valence-electron chi connectivity index (χ3n) is 3.89. The van der Waals surface area contributed by atoms with E-state index in [-0.39, 0.29) is 16.9 Å². The number of aryl methyl sites for hydroxylation is 1. The molecule has 0 aromatic heterocycles. The molecule has 0 aliphatic carbocycles. The fourth-order valence-electron chi connectivity index (χ4n) is 2.42. The molecule has 1 N–H and O–H groups in total. The van der Waals surface area contributed by atoms with Crippen LogP contribution in [0.25, 0.3) is 0 Å². The van der Waals surface area contributed by atoms with E-state index in [1.165, 1.54) is 18.4 Å². The molecular formula is C16H24N2O4S. The van der Waals surface area contributed by atoms with Crippen LogP contribution in [0.15, 0.2) is 29.2 Å². The molecule has 7 heteroatoms. The Labute approximate surface area is 137 Å². The van der Waals surface area contributed by atoms with Crippen LogP contribution in [0.3, 0.4) is 0 Å². The van der Waals surface area contributed by atoms with Gasteiger partial charge in [-0.05, 0) is 37.0 Å². The molecule has 1 heterocycles. The maximum absolute atomic E-state index is 12.0. The Hall–Kier alpha value is -1.44. The van der Waals surface area contributed by atoms with Gasteiger partial charge in [0.25, 0.3) is 0 Å². The van der Waals surface area contributed by atoms with Crippen LogP contribution >= 0.6 is 0 Å². The molecule has 2 rings (SSSR count). The van der Waals surface area contributed by atoms with Crippen LogP contribution in [0, 0.1) is 0 Å². The van der Waals surface area contributed by atoms with Gasteiger partial charge in [0.05, 0.1) is 11.0 Å². The van der Waals surface area contributed by atoms with Crippen molar-refractivity contribution < 1.29 is 17.9 Å². The molecule has 0 radical (unpaired) electrons. The summed E-state index contributed by atoms with van der Waals surface area (Å²) in [5.74, 6) is -0.00881. The number of carbonyl (C=O) groups is 1. The van der Waals surface area contributed by atoms with E-state index in [1.807, 2.05) is 0 Å². The first kappa shape index (κ1) is 17.9. The lowest BCUT2D eigenvalue weighted by atomic mass is 10.1. The largest absolute Gasteiger partial charge is 0.376 e. The molecule has 0 unspecified atom stereocenters. The number of benzene rings is 1. The van der Waals surface area contributed by atoms with E-state index < -0.39 is 10.0 Å². The maximum Gasteiger partial charge on any atom is 0.242 e. The van der Waals surface area contributed by atoms with Gasteiger partial charge in [-0.2, -0.15) is 0 Å². The van der Waals surface area contributed by atoms with Gasteiger partial charge in [0.2, 0.25) is 15.9 Å². The minimum atomic E-state index is -3.40. The lowest BCUT2D eigenvalue weighted by Crippen LogP contribution is -2.31. The normalized spacial score (nSPS) is 18.3. The van der Waals surface area contributed by atoms with Gasteiger partial charge in [-0.25, -0.2) is 12.7 Å². The number of amides is 1. The summed E-state index contributed by atoms with van der Waals surface area (Å²) in [5, 5.41) is 2.88. The first-order chi connectivity index (χ1) is 10.9. The summed E-state index contributed by atoms with van der Waals surface area (Å²) in [6.07, 6.45) is 3.17. The second-order valence-corrected chi connectivity index (χ2v) is 8.02. The Morgan fingerprint density at radius 2 is 2.00 bits per heavy atom. The van der Waals surface area contributed by atoms with Crippen molar-refractivity contribution in [3.8, 4) is 0 Å². The number of ether oxygens (including phenoxy) is 1. The van der Waals surface area contributed by atoms with Gasteiger partial charge in [-0.3, -0.25) is 4.79 Å². The fourth-order valence-corrected chi connectivity index (χ4v) is 3.32. The van der Waals surface area contributed by atoms with Crippen LogP contribution in [0.1, 0.15) is 24.8 Å². The molecule has 1 aliphatic rings. The molecule has 0 saturated carbocycles. The van der Waals surface area contributed by atoms with E-state index in [0.29, 0.717) is 19.4 Å². The topological polar surface area (TPSA) is 75.7 Å². The molecule has 0 spiro atoms. The molecule has 1 aliphatic heterocycles. The molecule has 1 atom stereocenters. The second-order valence-electron chi connectivity index (χ2n) is 5.87. The quantitative estimate of drug-likeness (QED) is 0.808. The van der Waals surface area contributed by atoms with Gasteiger partial charge < -0.3 is 10.1 Å². The van der Waals surface area contributed by atoms with Crippen molar-refractivity contribution in [2.45, 2.75) is 36.7 Å². The molecule has 128 valence electrons. The van der Waals surface area contributed by atoms with E-state index in [1.54, 1.807) is 24.3 Å². The Kier molecular flexibility index (Phi) is 6.15. The van der Waals surface area contributed by atoms with Crippen molar-refractivity contribution in [2.75, 3.05) is 27.2 Å². The summed E-state index contributed by atoms with van der Waals surface area (Å²) in [5.41, 5.74) is 0.940. The summed E-state index contributed by atoms with van der Waals surface area (Å²) in [7, 11) is -0.400. The highest BCUT2D eigenvalue weighted by Gasteiger charge is 2.17. The molecule has 0 bridgehead atoms. The molecule has 1 saturated heterocycles. The van der Waals surface area contributed by atoms with Crippen LogP contribution in [0.5, 0.6) is 0 Å². The van der Waals surface area contributed by atoms with Gasteiger partial charge in [-0.1, -0.05) is 12.1 Å². The van der Waals surface area contributed by atoms with Gasteiger partial charge in [0, 0.05) is 33.7 Å². The Morgan fingerprint density at radius 1 is 1.30 bits per heavy atom. The van der Waals surface area contributed by atoms with E-state index in [0.717, 1.165) is 25.0 Å². The Bertz CT molecular complexity index is 620. The van der Waals surface area contributed by atoms with E-state index in [9.17, 15) is 13.2 Å². The summed E-state index contributed by atoms with van der Waals surface area (Å²) in [6, 6.07) is 6.66. The number of rotatable bonds is 7. The molecule has 1 fully saturated rings. The third kappa shape index (κ3) is 5.02. The van der Waals surface area contributed by atoms with Crippen molar-refractivity contribution in [2.24, 2.45) is 0 Å². The summed E-state index contributed by atoms with van der Waals surface area (Å²) >= 11 is 0. The molecule has 1 aromatic rings. The fraction of sp³-hybridized carbons (Fsp3) is 0.562. The highest BCUT2D eigenvalue weighted by molar-refractivity contribution is 7.89. The first-order valence-electron chi connectivity index (χ1n) is 7.79. The Balaban J connectivity index is 1.80. The predicted octanol–water partition coefficient (Wildman–Crippen LogP) is 1.16. The maximum atomic E-state index is 12.0. The lowest BCUT2D eigenvalue weighted by molar-refractivity contribution is -0.121. The molecular weight excluding hydrogens is 316 g/mol. The van der Waals surface area contributed by atoms with Crippen LogP contribution in [-0.2, 0) is 26.0 Å². The summed E-state index contributed by atoms with van der Waals surface area (Å²) in [4.78, 5) is 12.1. The monoisotopic (exact) mass is 340 g/mol. The zero-order valence-electron chi connectivity index (χ0n) is 13.6. The first-order valence-corrected chi connectivity index (χ1v) is 9.23. The number of nitrogens with one attached hydrogen (secondary N) is 1. The zero-order chi connectivity index (χ0) is 16.9. The lowest BCUT2D eigenvalue weighted by Gasteiger charge is -2.12. The van der Waals surface area contributed by atoms with Crippen LogP contribution in [0.2, 0.25) is 0 Å². The summed E-state index contributed by atoms with van der Waals surface area (Å²) in [6.45, 7) is 1.35. The molecule has 1 aromatic carbocycles. The minimum Gasteiger partial charge on any atom is -0.376 e. The van der Waals surface area contributed by atoms with E-state index in [4.69, 9.17) is 4.74 Å². The van der Waals surface area contributed by atoms with E-state index >= 15 is 0 Å². The number of nitrogens with zero attached hydrogens (tertiary/aromatic N) is 1. The van der Waals surface area contributed by atoms with Gasteiger partial charge >= 0.3 is 0 Å². The predicted molar refractivity (Wildman–Crippen MR) is 87.6 cm³/mol. The number of hydrogen-bond acceptors (Lipinski definition) is 4. The number of sulfonamides is 1. The van der Waals surface area contributed by atoms with Crippen LogP contribution in [0.4, 0.5) is 0 Å². The van der Waals surface area contributed by atoms with Crippen molar-refractivity contribution in [3.63, 3.8) is 0 Å². The van der Waals surface area contributed by atoms with E-state index in [2.05, 4.69) is 5.32 Å². The minimum absolute atomic E-state index is 0.00881. The second kappa shape index (κ2) is 7.90. The van der Waals surface area contributed by atoms with Gasteiger partial charge in [0.1, 0.15) is 0 Å². The van der Waals surface area contributed by atoms with Crippen molar-refractivity contribution >= 4 is 15.9 Å². The standard InChI is InChI=1S/C16H24N2O4S/c1-18(2)23(20,21)15-8-5-13(6-9-15)7-10-16(19)17-12-14-4-3-11-22-14/h5-6,8-9,14H,3-4,7,10-12H2,1-2H3,(H,17,19)/t14-/m0/s1. The average Bonchev–Trinajstić information content (AvgIpc) is 3.04. The van der Waals surface area contributed by atoms with Crippen molar-refractivity contribution in [3.05, 3.63) is 29.8 Å². The Morgan fingerprint density at radius 3 is 2.57 bits per heavy atom. The molecule has 6 nitrogen and oxygen atoms in total. The molecule has 23 heavy (non-hydrogen) atoms. The van der Waals surface area contributed by atoms with Gasteiger partial charge in [-0.15, -0.1) is 0 Å². The smallest absolute Gasteiger partial charge is 0.242 e. The van der Waals surface area contributed by atoms with Crippen LogP contribution in [-0.4, -0.2) is 52.0 Å². The highest BCUT2D eigenvalue weighted by Crippen LogP contribution is 2.15.